The van der Waals surface area contributed by atoms with Crippen LogP contribution in [0.1, 0.15) is 31.0 Å². The molecule has 27 heavy (non-hydrogen) atoms. The molecule has 142 valence electrons. The number of rotatable bonds is 6. The van der Waals surface area contributed by atoms with Gasteiger partial charge in [0.1, 0.15) is 12.1 Å². The average Bonchev–Trinajstić information content (AvgIpc) is 3.17. The molecule has 0 saturated carbocycles. The zero-order valence-electron chi connectivity index (χ0n) is 15.6. The number of hydrogen-bond acceptors (Lipinski definition) is 5. The van der Waals surface area contributed by atoms with Gasteiger partial charge in [0.05, 0.1) is 0 Å². The molecule has 0 atom stereocenters. The van der Waals surface area contributed by atoms with Gasteiger partial charge in [0.15, 0.2) is 0 Å². The van der Waals surface area contributed by atoms with Crippen LogP contribution in [0.25, 0.3) is 5.78 Å². The average molecular weight is 385 g/mol. The number of nitrogens with zero attached hydrogens (tertiary/aromatic N) is 5. The zero-order valence-corrected chi connectivity index (χ0v) is 16.4. The van der Waals surface area contributed by atoms with E-state index in [9.17, 15) is 0 Å². The molecule has 3 heterocycles. The lowest BCUT2D eigenvalue weighted by atomic mass is 9.96. The summed E-state index contributed by atoms with van der Waals surface area (Å²) in [6.45, 7) is 6.19. The van der Waals surface area contributed by atoms with Crippen LogP contribution in [0.2, 0.25) is 5.02 Å². The summed E-state index contributed by atoms with van der Waals surface area (Å²) < 4.78 is 1.78. The molecule has 1 fully saturated rings. The fourth-order valence-electron chi connectivity index (χ4n) is 3.63. The molecule has 2 aromatic heterocycles. The molecule has 0 bridgehead atoms. The Hall–Kier alpha value is -2.18. The number of hydrogen-bond donors (Lipinski definition) is 1. The third-order valence-electron chi connectivity index (χ3n) is 5.30. The molecular formula is C20H25ClN6. The van der Waals surface area contributed by atoms with Crippen LogP contribution in [0.15, 0.2) is 36.7 Å². The molecule has 0 spiro atoms. The largest absolute Gasteiger partial charge is 0.370 e. The van der Waals surface area contributed by atoms with Crippen LogP contribution in [0.3, 0.4) is 0 Å². The molecule has 1 aromatic carbocycles. The topological polar surface area (TPSA) is 58.4 Å². The minimum absolute atomic E-state index is 0.657. The van der Waals surface area contributed by atoms with Gasteiger partial charge in [-0.3, -0.25) is 4.90 Å². The second-order valence-electron chi connectivity index (χ2n) is 7.15. The lowest BCUT2D eigenvalue weighted by molar-refractivity contribution is 0.182. The van der Waals surface area contributed by atoms with Crippen LogP contribution in [-0.2, 0) is 13.0 Å². The number of aromatic nitrogens is 4. The van der Waals surface area contributed by atoms with Gasteiger partial charge in [0.2, 0.25) is 0 Å². The van der Waals surface area contributed by atoms with Gasteiger partial charge in [-0.1, -0.05) is 36.7 Å². The molecular weight excluding hydrogens is 360 g/mol. The first-order valence-electron chi connectivity index (χ1n) is 9.62. The minimum atomic E-state index is 0.657. The Morgan fingerprint density at radius 2 is 2.04 bits per heavy atom. The van der Waals surface area contributed by atoms with Crippen LogP contribution in [0, 0.1) is 5.92 Å². The maximum Gasteiger partial charge on any atom is 0.254 e. The van der Waals surface area contributed by atoms with Crippen LogP contribution in [0.4, 0.5) is 5.82 Å². The Balaban J connectivity index is 1.32. The van der Waals surface area contributed by atoms with Crippen molar-refractivity contribution in [2.75, 3.05) is 25.0 Å². The number of likely N-dealkylation sites (tertiary alicyclic amines) is 1. The molecule has 1 aliphatic heterocycles. The Bertz CT molecular complexity index is 900. The van der Waals surface area contributed by atoms with Crippen molar-refractivity contribution in [2.45, 2.75) is 32.7 Å². The van der Waals surface area contributed by atoms with Gasteiger partial charge in [0, 0.05) is 29.9 Å². The van der Waals surface area contributed by atoms with Crippen molar-refractivity contribution in [1.29, 1.82) is 0 Å². The number of anilines is 1. The first kappa shape index (κ1) is 18.2. The lowest BCUT2D eigenvalue weighted by Crippen LogP contribution is -2.35. The van der Waals surface area contributed by atoms with E-state index in [0.29, 0.717) is 11.7 Å². The summed E-state index contributed by atoms with van der Waals surface area (Å²) in [5, 5.41) is 8.72. The molecule has 3 aromatic rings. The Morgan fingerprint density at radius 3 is 2.81 bits per heavy atom. The monoisotopic (exact) mass is 384 g/mol. The highest BCUT2D eigenvalue weighted by molar-refractivity contribution is 6.31. The van der Waals surface area contributed by atoms with Gasteiger partial charge in [0.25, 0.3) is 5.78 Å². The van der Waals surface area contributed by atoms with Crippen molar-refractivity contribution in [3.63, 3.8) is 0 Å². The van der Waals surface area contributed by atoms with E-state index in [1.165, 1.54) is 18.4 Å². The molecule has 1 saturated heterocycles. The fraction of sp³-hybridized carbons (Fsp3) is 0.450. The van der Waals surface area contributed by atoms with Crippen molar-refractivity contribution in [3.8, 4) is 0 Å². The van der Waals surface area contributed by atoms with E-state index in [0.717, 1.165) is 49.1 Å². The fourth-order valence-corrected chi connectivity index (χ4v) is 3.83. The predicted octanol–water partition coefficient (Wildman–Crippen LogP) is 3.66. The van der Waals surface area contributed by atoms with E-state index < -0.39 is 0 Å². The van der Waals surface area contributed by atoms with Crippen LogP contribution in [-0.4, -0.2) is 44.1 Å². The van der Waals surface area contributed by atoms with Crippen molar-refractivity contribution in [3.05, 3.63) is 52.9 Å². The molecule has 7 heteroatoms. The highest BCUT2D eigenvalue weighted by Crippen LogP contribution is 2.23. The third kappa shape index (κ3) is 4.22. The summed E-state index contributed by atoms with van der Waals surface area (Å²) in [7, 11) is 0. The van der Waals surface area contributed by atoms with Crippen LogP contribution < -0.4 is 5.32 Å². The van der Waals surface area contributed by atoms with Gasteiger partial charge in [-0.15, -0.1) is 0 Å². The third-order valence-corrected chi connectivity index (χ3v) is 5.67. The Labute approximate surface area is 164 Å². The molecule has 0 unspecified atom stereocenters. The maximum atomic E-state index is 6.30. The standard InChI is InChI=1S/C20H25ClN6/c1-2-17-11-19(27-20(25-17)23-14-24-27)22-12-15-7-9-26(10-8-15)13-16-5-3-4-6-18(16)21/h3-6,11,14-15,22H,2,7-10,12-13H2,1H3. The maximum absolute atomic E-state index is 6.30. The first-order valence-corrected chi connectivity index (χ1v) is 10.00. The molecule has 6 nitrogen and oxygen atoms in total. The molecule has 0 amide bonds. The SMILES string of the molecule is CCc1cc(NCC2CCN(Cc3ccccc3Cl)CC2)n2ncnc2n1. The van der Waals surface area contributed by atoms with Crippen LogP contribution >= 0.6 is 11.6 Å². The lowest BCUT2D eigenvalue weighted by Gasteiger charge is -2.32. The summed E-state index contributed by atoms with van der Waals surface area (Å²) in [5.74, 6) is 2.29. The van der Waals surface area contributed by atoms with E-state index in [2.05, 4.69) is 50.4 Å². The Kier molecular flexibility index (Phi) is 5.55. The van der Waals surface area contributed by atoms with Gasteiger partial charge in [-0.2, -0.15) is 14.6 Å². The number of benzene rings is 1. The Morgan fingerprint density at radius 1 is 1.22 bits per heavy atom. The predicted molar refractivity (Wildman–Crippen MR) is 108 cm³/mol. The summed E-state index contributed by atoms with van der Waals surface area (Å²) in [5.41, 5.74) is 2.25. The zero-order chi connectivity index (χ0) is 18.6. The number of nitrogens with one attached hydrogen (secondary N) is 1. The second-order valence-corrected chi connectivity index (χ2v) is 7.56. The molecule has 4 rings (SSSR count). The van der Waals surface area contributed by atoms with Gasteiger partial charge in [-0.05, 0) is 49.9 Å². The van der Waals surface area contributed by atoms with E-state index in [4.69, 9.17) is 11.6 Å². The molecule has 0 aliphatic carbocycles. The minimum Gasteiger partial charge on any atom is -0.370 e. The van der Waals surface area contributed by atoms with Gasteiger partial charge in [-0.25, -0.2) is 4.98 Å². The summed E-state index contributed by atoms with van der Waals surface area (Å²) in [4.78, 5) is 11.2. The van der Waals surface area contributed by atoms with Crippen molar-refractivity contribution < 1.29 is 0 Å². The molecule has 0 radical (unpaired) electrons. The summed E-state index contributed by atoms with van der Waals surface area (Å²) in [6, 6.07) is 10.2. The smallest absolute Gasteiger partial charge is 0.254 e. The quantitative estimate of drug-likeness (QED) is 0.702. The normalized spacial score (nSPS) is 16.1. The van der Waals surface area contributed by atoms with Gasteiger partial charge < -0.3 is 5.32 Å². The number of piperidine rings is 1. The van der Waals surface area contributed by atoms with Crippen molar-refractivity contribution in [2.24, 2.45) is 5.92 Å². The van der Waals surface area contributed by atoms with Crippen molar-refractivity contribution in [1.82, 2.24) is 24.5 Å². The molecule has 1 aliphatic rings. The highest BCUT2D eigenvalue weighted by atomic mass is 35.5. The summed E-state index contributed by atoms with van der Waals surface area (Å²) in [6.07, 6.45) is 4.81. The van der Waals surface area contributed by atoms with E-state index in [-0.39, 0.29) is 0 Å². The number of aryl methyl sites for hydroxylation is 1. The second kappa shape index (κ2) is 8.23. The molecule has 1 N–H and O–H groups in total. The van der Waals surface area contributed by atoms with Crippen LogP contribution in [0.5, 0.6) is 0 Å². The van der Waals surface area contributed by atoms with Crippen molar-refractivity contribution >= 4 is 23.2 Å². The summed E-state index contributed by atoms with van der Waals surface area (Å²) >= 11 is 6.30. The number of fused-ring (bicyclic) bond motifs is 1. The van der Waals surface area contributed by atoms with E-state index in [1.807, 2.05) is 12.1 Å². The first-order chi connectivity index (χ1) is 13.2. The van der Waals surface area contributed by atoms with E-state index >= 15 is 0 Å². The van der Waals surface area contributed by atoms with Gasteiger partial charge >= 0.3 is 0 Å². The number of halogens is 1. The van der Waals surface area contributed by atoms with E-state index in [1.54, 1.807) is 10.8 Å². The highest BCUT2D eigenvalue weighted by Gasteiger charge is 2.20.